The number of rotatable bonds is 0. The van der Waals surface area contributed by atoms with Crippen LogP contribution in [0.5, 0.6) is 0 Å². The Balaban J connectivity index is 0.000000364. The molecule has 0 N–H and O–H groups in total. The molecular weight excluding hydrogens is 419 g/mol. The Hall–Kier alpha value is -0.170. The van der Waals surface area contributed by atoms with E-state index in [-0.39, 0.29) is 36.7 Å². The fourth-order valence-corrected chi connectivity index (χ4v) is 2.81. The minimum absolute atomic E-state index is 0. The van der Waals surface area contributed by atoms with Gasteiger partial charge in [0.05, 0.1) is 0 Å². The molecule has 0 aliphatic heterocycles. The smallest absolute Gasteiger partial charge is 0 e. The predicted molar refractivity (Wildman–Crippen MR) is 89.2 cm³/mol. The summed E-state index contributed by atoms with van der Waals surface area (Å²) in [6, 6.07) is 0. The van der Waals surface area contributed by atoms with Gasteiger partial charge in [0.2, 0.25) is 0 Å². The van der Waals surface area contributed by atoms with Crippen LogP contribution in [0, 0.1) is 23.0 Å². The summed E-state index contributed by atoms with van der Waals surface area (Å²) < 4.78 is 0. The third-order valence-corrected chi connectivity index (χ3v) is 5.12. The van der Waals surface area contributed by atoms with Gasteiger partial charge in [0, 0.05) is 25.8 Å². The molecule has 21 heavy (non-hydrogen) atoms. The van der Waals surface area contributed by atoms with Gasteiger partial charge >= 0.3 is 0 Å². The van der Waals surface area contributed by atoms with Gasteiger partial charge in [0.15, 0.2) is 0 Å². The van der Waals surface area contributed by atoms with Crippen molar-refractivity contribution in [1.82, 2.24) is 0 Å². The van der Waals surface area contributed by atoms with E-state index in [0.717, 1.165) is 0 Å². The molecule has 1 heteroatoms. The molecule has 0 fully saturated rings. The fourth-order valence-electron chi connectivity index (χ4n) is 2.81. The van der Waals surface area contributed by atoms with Crippen LogP contribution in [0.15, 0.2) is 33.4 Å². The standard InChI is InChI=1S/2C10H15.Hf/c2*1-7-6-10(4,5)9(3)8(7)2;/h2*1-5H3;/q2*-1;. The summed E-state index contributed by atoms with van der Waals surface area (Å²) in [6.07, 6.45) is 6.87. The van der Waals surface area contributed by atoms with E-state index < -0.39 is 0 Å². The molecule has 0 saturated carbocycles. The quantitative estimate of drug-likeness (QED) is 0.305. The first-order valence-corrected chi connectivity index (χ1v) is 7.50. The summed E-state index contributed by atoms with van der Waals surface area (Å²) in [4.78, 5) is 0. The van der Waals surface area contributed by atoms with Crippen molar-refractivity contribution in [2.45, 2.75) is 69.2 Å². The average Bonchev–Trinajstić information content (AvgIpc) is 2.60. The van der Waals surface area contributed by atoms with Gasteiger partial charge in [-0.25, -0.2) is 11.1 Å². The molecule has 0 bridgehead atoms. The zero-order valence-corrected chi connectivity index (χ0v) is 19.1. The largest absolute Gasteiger partial charge is 0.263 e. The molecule has 0 radical (unpaired) electrons. The van der Waals surface area contributed by atoms with Crippen molar-refractivity contribution in [3.05, 3.63) is 45.6 Å². The van der Waals surface area contributed by atoms with E-state index in [4.69, 9.17) is 0 Å². The van der Waals surface area contributed by atoms with E-state index in [2.05, 4.69) is 81.4 Å². The first kappa shape index (κ1) is 20.8. The van der Waals surface area contributed by atoms with Crippen molar-refractivity contribution in [3.63, 3.8) is 0 Å². The van der Waals surface area contributed by atoms with Crippen molar-refractivity contribution in [1.29, 1.82) is 0 Å². The molecule has 0 unspecified atom stereocenters. The number of hydrogen-bond acceptors (Lipinski definition) is 0. The Labute approximate surface area is 151 Å². The molecule has 2 aliphatic carbocycles. The molecule has 0 aromatic carbocycles. The van der Waals surface area contributed by atoms with Crippen LogP contribution in [0.3, 0.4) is 0 Å². The molecule has 116 valence electrons. The topological polar surface area (TPSA) is 0 Å². The predicted octanol–water partition coefficient (Wildman–Crippen LogP) is 6.22. The maximum absolute atomic E-state index is 3.44. The van der Waals surface area contributed by atoms with Crippen LogP contribution in [-0.2, 0) is 25.8 Å². The molecule has 0 nitrogen and oxygen atoms in total. The van der Waals surface area contributed by atoms with Crippen LogP contribution in [0.2, 0.25) is 0 Å². The minimum Gasteiger partial charge on any atom is -0.263 e. The van der Waals surface area contributed by atoms with Gasteiger partial charge in [-0.3, -0.25) is 12.2 Å². The van der Waals surface area contributed by atoms with Gasteiger partial charge in [0.1, 0.15) is 0 Å². The van der Waals surface area contributed by atoms with Crippen LogP contribution in [0.1, 0.15) is 69.2 Å². The summed E-state index contributed by atoms with van der Waals surface area (Å²) in [5, 5.41) is 0. The summed E-state index contributed by atoms with van der Waals surface area (Å²) in [6.45, 7) is 21.8. The minimum atomic E-state index is 0. The second-order valence-corrected chi connectivity index (χ2v) is 7.25. The maximum atomic E-state index is 3.44. The Kier molecular flexibility index (Phi) is 6.88. The zero-order valence-electron chi connectivity index (χ0n) is 15.5. The van der Waals surface area contributed by atoms with E-state index in [1.807, 2.05) is 0 Å². The van der Waals surface area contributed by atoms with Crippen molar-refractivity contribution < 1.29 is 25.8 Å². The van der Waals surface area contributed by atoms with Crippen molar-refractivity contribution in [3.8, 4) is 0 Å². The Morgan fingerprint density at radius 1 is 0.571 bits per heavy atom. The third-order valence-electron chi connectivity index (χ3n) is 5.12. The maximum Gasteiger partial charge on any atom is 0 e. The average molecular weight is 449 g/mol. The van der Waals surface area contributed by atoms with Crippen LogP contribution < -0.4 is 0 Å². The molecular formula is C20H30Hf-2. The first-order valence-electron chi connectivity index (χ1n) is 7.50. The fraction of sp³-hybridized carbons (Fsp3) is 0.600. The molecule has 0 spiro atoms. The molecule has 0 aromatic heterocycles. The molecule has 2 aliphatic rings. The van der Waals surface area contributed by atoms with Crippen molar-refractivity contribution >= 4 is 0 Å². The second kappa shape index (κ2) is 6.94. The number of allylic oxidation sites excluding steroid dienone is 8. The second-order valence-electron chi connectivity index (χ2n) is 7.25. The molecule has 0 amide bonds. The molecule has 0 heterocycles. The summed E-state index contributed by atoms with van der Waals surface area (Å²) >= 11 is 0. The van der Waals surface area contributed by atoms with Gasteiger partial charge in [-0.2, -0.15) is 22.3 Å². The van der Waals surface area contributed by atoms with Crippen LogP contribution in [-0.4, -0.2) is 0 Å². The molecule has 0 atom stereocenters. The van der Waals surface area contributed by atoms with Crippen LogP contribution >= 0.6 is 0 Å². The van der Waals surface area contributed by atoms with E-state index in [0.29, 0.717) is 0 Å². The van der Waals surface area contributed by atoms with Crippen molar-refractivity contribution in [2.75, 3.05) is 0 Å². The van der Waals surface area contributed by atoms with Gasteiger partial charge in [-0.15, -0.1) is 13.8 Å². The van der Waals surface area contributed by atoms with Gasteiger partial charge in [-0.1, -0.05) is 66.2 Å². The molecule has 2 rings (SSSR count). The van der Waals surface area contributed by atoms with Gasteiger partial charge in [-0.05, 0) is 0 Å². The SMILES string of the molecule is CC1=[C-]C(C)(C)C(C)=C1C.CC1=[C-]C(C)(C)C(C)=C1C.[Hf]. The van der Waals surface area contributed by atoms with Crippen molar-refractivity contribution in [2.24, 2.45) is 10.8 Å². The van der Waals surface area contributed by atoms with Crippen LogP contribution in [0.25, 0.3) is 0 Å². The number of hydrogen-bond donors (Lipinski definition) is 0. The Morgan fingerprint density at radius 2 is 0.810 bits per heavy atom. The van der Waals surface area contributed by atoms with E-state index in [1.54, 1.807) is 0 Å². The first-order chi connectivity index (χ1) is 8.90. The monoisotopic (exact) mass is 450 g/mol. The van der Waals surface area contributed by atoms with Crippen LogP contribution in [0.4, 0.5) is 0 Å². The third kappa shape index (κ3) is 4.41. The Morgan fingerprint density at radius 3 is 0.857 bits per heavy atom. The summed E-state index contributed by atoms with van der Waals surface area (Å²) in [5.74, 6) is 0. The van der Waals surface area contributed by atoms with Gasteiger partial charge < -0.3 is 0 Å². The Bertz CT molecular complexity index is 484. The summed E-state index contributed by atoms with van der Waals surface area (Å²) in [5.41, 5.74) is 8.79. The summed E-state index contributed by atoms with van der Waals surface area (Å²) in [7, 11) is 0. The molecule has 0 saturated heterocycles. The van der Waals surface area contributed by atoms with E-state index in [1.165, 1.54) is 33.4 Å². The normalized spacial score (nSPS) is 22.4. The van der Waals surface area contributed by atoms with E-state index >= 15 is 0 Å². The molecule has 0 aromatic rings. The van der Waals surface area contributed by atoms with Gasteiger partial charge in [0.25, 0.3) is 0 Å². The zero-order chi connectivity index (χ0) is 15.9. The van der Waals surface area contributed by atoms with E-state index in [9.17, 15) is 0 Å².